The standard InChI is InChI=1S/C25H21F6N3O2/c1-3-8-17(9-4-2)34-20(32-16-10-6-5-7-11-16)14-19(35)22-18(25(29,30)31)12-13-21(33-23(22)34)36-15-24(26,27)28/h3-12,14,32H,1,13,15H2,2H3/b9-4-,17-8+. The van der Waals surface area contributed by atoms with Crippen molar-refractivity contribution in [3.63, 3.8) is 0 Å². The molecule has 0 saturated heterocycles. The van der Waals surface area contributed by atoms with E-state index >= 15 is 0 Å². The smallest absolute Gasteiger partial charge is 0.422 e. The largest absolute Gasteiger partial charge is 0.471 e. The molecule has 3 rings (SSSR count). The van der Waals surface area contributed by atoms with E-state index in [4.69, 9.17) is 4.74 Å². The number of alkyl halides is 6. The fourth-order valence-corrected chi connectivity index (χ4v) is 3.44. The summed E-state index contributed by atoms with van der Waals surface area (Å²) in [7, 11) is 0. The van der Waals surface area contributed by atoms with E-state index < -0.39 is 53.7 Å². The molecule has 36 heavy (non-hydrogen) atoms. The molecule has 1 aliphatic rings. The molecule has 0 atom stereocenters. The minimum absolute atomic E-state index is 0.0264. The fourth-order valence-electron chi connectivity index (χ4n) is 3.44. The van der Waals surface area contributed by atoms with Crippen molar-refractivity contribution < 1.29 is 31.1 Å². The summed E-state index contributed by atoms with van der Waals surface area (Å²) in [6.07, 6.45) is -3.90. The van der Waals surface area contributed by atoms with Gasteiger partial charge in [-0.3, -0.25) is 9.36 Å². The monoisotopic (exact) mass is 509 g/mol. The quantitative estimate of drug-likeness (QED) is 0.332. The van der Waals surface area contributed by atoms with Crippen LogP contribution in [0.3, 0.4) is 0 Å². The molecular weight excluding hydrogens is 488 g/mol. The summed E-state index contributed by atoms with van der Waals surface area (Å²) < 4.78 is 86.3. The summed E-state index contributed by atoms with van der Waals surface area (Å²) in [6, 6.07) is 9.44. The van der Waals surface area contributed by atoms with E-state index in [-0.39, 0.29) is 11.5 Å². The maximum Gasteiger partial charge on any atom is 0.422 e. The summed E-state index contributed by atoms with van der Waals surface area (Å²) in [5.41, 5.74) is -2.42. The van der Waals surface area contributed by atoms with Gasteiger partial charge in [0.25, 0.3) is 0 Å². The van der Waals surface area contributed by atoms with Crippen LogP contribution in [0.15, 0.2) is 83.1 Å². The molecule has 1 aromatic carbocycles. The van der Waals surface area contributed by atoms with E-state index in [1.165, 1.54) is 22.8 Å². The second kappa shape index (κ2) is 10.7. The molecule has 0 unspecified atom stereocenters. The molecule has 1 N–H and O–H groups in total. The summed E-state index contributed by atoms with van der Waals surface area (Å²) in [6.45, 7) is 3.51. The highest BCUT2D eigenvalue weighted by Crippen LogP contribution is 2.41. The van der Waals surface area contributed by atoms with Crippen molar-refractivity contribution in [1.29, 1.82) is 0 Å². The van der Waals surface area contributed by atoms with Gasteiger partial charge >= 0.3 is 12.4 Å². The van der Waals surface area contributed by atoms with Gasteiger partial charge in [-0.25, -0.2) is 0 Å². The highest BCUT2D eigenvalue weighted by atomic mass is 19.4. The molecule has 2 heterocycles. The molecule has 2 aromatic rings. The summed E-state index contributed by atoms with van der Waals surface area (Å²) in [4.78, 5) is 17.1. The van der Waals surface area contributed by atoms with E-state index in [1.807, 2.05) is 0 Å². The molecule has 0 radical (unpaired) electrons. The molecule has 1 aliphatic heterocycles. The Balaban J connectivity index is 2.39. The van der Waals surface area contributed by atoms with Gasteiger partial charge in [-0.1, -0.05) is 43.0 Å². The van der Waals surface area contributed by atoms with Crippen molar-refractivity contribution in [2.75, 3.05) is 11.9 Å². The molecule has 0 bridgehead atoms. The van der Waals surface area contributed by atoms with Crippen LogP contribution in [0.4, 0.5) is 43.7 Å². The van der Waals surface area contributed by atoms with Crippen LogP contribution in [0.5, 0.6) is 0 Å². The van der Waals surface area contributed by atoms with Gasteiger partial charge in [-0.2, -0.15) is 31.3 Å². The van der Waals surface area contributed by atoms with E-state index in [0.29, 0.717) is 11.8 Å². The van der Waals surface area contributed by atoms with Gasteiger partial charge in [0.2, 0.25) is 0 Å². The lowest BCUT2D eigenvalue weighted by atomic mass is 10.0. The number of halogens is 6. The van der Waals surface area contributed by atoms with Gasteiger partial charge in [0, 0.05) is 23.9 Å². The number of hydrogen-bond donors (Lipinski definition) is 1. The molecule has 0 saturated carbocycles. The van der Waals surface area contributed by atoms with Crippen molar-refractivity contribution in [3.8, 4) is 0 Å². The highest BCUT2D eigenvalue weighted by molar-refractivity contribution is 5.91. The zero-order valence-electron chi connectivity index (χ0n) is 19.0. The Labute approximate surface area is 202 Å². The van der Waals surface area contributed by atoms with Gasteiger partial charge in [0.1, 0.15) is 5.82 Å². The average Bonchev–Trinajstić information content (AvgIpc) is 2.98. The van der Waals surface area contributed by atoms with Gasteiger partial charge in [0.15, 0.2) is 23.8 Å². The summed E-state index contributed by atoms with van der Waals surface area (Å²) >= 11 is 0. The Morgan fingerprint density at radius 3 is 2.47 bits per heavy atom. The van der Waals surface area contributed by atoms with Crippen LogP contribution in [0.1, 0.15) is 18.9 Å². The minimum atomic E-state index is -4.99. The molecule has 0 aliphatic carbocycles. The van der Waals surface area contributed by atoms with Crippen molar-refractivity contribution in [3.05, 3.63) is 89.1 Å². The fraction of sp³-hybridized carbons (Fsp3) is 0.200. The summed E-state index contributed by atoms with van der Waals surface area (Å²) in [5.74, 6) is -1.14. The number of aromatic nitrogens is 1. The molecule has 0 amide bonds. The first-order chi connectivity index (χ1) is 16.9. The number of pyridine rings is 1. The van der Waals surface area contributed by atoms with Gasteiger partial charge < -0.3 is 10.1 Å². The topological polar surface area (TPSA) is 55.6 Å². The van der Waals surface area contributed by atoms with E-state index in [1.54, 1.807) is 43.3 Å². The first-order valence-corrected chi connectivity index (χ1v) is 10.6. The molecule has 0 spiro atoms. The van der Waals surface area contributed by atoms with E-state index in [0.717, 1.165) is 6.07 Å². The highest BCUT2D eigenvalue weighted by Gasteiger charge is 2.40. The number of para-hydroxylation sites is 1. The normalized spacial score (nSPS) is 14.6. The Bertz CT molecular complexity index is 1300. The first kappa shape index (κ1) is 26.6. The number of allylic oxidation sites excluding steroid dienone is 6. The second-order valence-corrected chi connectivity index (χ2v) is 7.48. The SMILES string of the molecule is C=C/C=C(\C=C/C)n1c(Nc2ccccc2)cc(=O)c2c1N=C(OCC(F)(F)F)CC=C2C(F)(F)F. The van der Waals surface area contributed by atoms with Crippen molar-refractivity contribution in [1.82, 2.24) is 4.57 Å². The van der Waals surface area contributed by atoms with Gasteiger partial charge in [0.05, 0.1) is 11.1 Å². The van der Waals surface area contributed by atoms with Crippen molar-refractivity contribution in [2.45, 2.75) is 25.7 Å². The number of fused-ring (bicyclic) bond motifs is 1. The lowest BCUT2D eigenvalue weighted by Crippen LogP contribution is -2.21. The molecule has 0 fully saturated rings. The van der Waals surface area contributed by atoms with Crippen LogP contribution in [-0.4, -0.2) is 29.4 Å². The van der Waals surface area contributed by atoms with E-state index in [2.05, 4.69) is 16.9 Å². The summed E-state index contributed by atoms with van der Waals surface area (Å²) in [5, 5.41) is 2.97. The van der Waals surface area contributed by atoms with Crippen molar-refractivity contribution >= 4 is 34.5 Å². The number of hydrogen-bond acceptors (Lipinski definition) is 4. The molecule has 1 aromatic heterocycles. The molecule has 11 heteroatoms. The Hall–Kier alpha value is -4.02. The third kappa shape index (κ3) is 6.35. The third-order valence-electron chi connectivity index (χ3n) is 4.81. The number of aliphatic imine (C=N–C) groups is 1. The predicted molar refractivity (Wildman–Crippen MR) is 127 cm³/mol. The Morgan fingerprint density at radius 2 is 1.89 bits per heavy atom. The lowest BCUT2D eigenvalue weighted by molar-refractivity contribution is -0.156. The lowest BCUT2D eigenvalue weighted by Gasteiger charge is -2.22. The number of ether oxygens (including phenoxy) is 1. The van der Waals surface area contributed by atoms with Crippen LogP contribution in [-0.2, 0) is 4.74 Å². The van der Waals surface area contributed by atoms with Crippen molar-refractivity contribution in [2.24, 2.45) is 4.99 Å². The van der Waals surface area contributed by atoms with Gasteiger partial charge in [-0.05, 0) is 31.2 Å². The maximum atomic E-state index is 14.0. The van der Waals surface area contributed by atoms with Crippen LogP contribution < -0.4 is 10.7 Å². The number of nitrogens with one attached hydrogen (secondary N) is 1. The zero-order chi connectivity index (χ0) is 26.5. The average molecular weight is 509 g/mol. The first-order valence-electron chi connectivity index (χ1n) is 10.6. The molecule has 5 nitrogen and oxygen atoms in total. The Morgan fingerprint density at radius 1 is 1.19 bits per heavy atom. The van der Waals surface area contributed by atoms with E-state index in [9.17, 15) is 31.1 Å². The number of anilines is 2. The number of benzene rings is 1. The van der Waals surface area contributed by atoms with Gasteiger partial charge in [-0.15, -0.1) is 0 Å². The van der Waals surface area contributed by atoms with Crippen LogP contribution in [0.25, 0.3) is 11.3 Å². The zero-order valence-corrected chi connectivity index (χ0v) is 19.0. The van der Waals surface area contributed by atoms with Crippen LogP contribution in [0.2, 0.25) is 0 Å². The molecule has 190 valence electrons. The van der Waals surface area contributed by atoms with Crippen LogP contribution >= 0.6 is 0 Å². The minimum Gasteiger partial charge on any atom is -0.471 e. The number of rotatable bonds is 6. The predicted octanol–water partition coefficient (Wildman–Crippen LogP) is 7.15. The second-order valence-electron chi connectivity index (χ2n) is 7.48. The third-order valence-corrected chi connectivity index (χ3v) is 4.81. The number of nitrogens with zero attached hydrogens (tertiary/aromatic N) is 2. The maximum absolute atomic E-state index is 14.0. The Kier molecular flexibility index (Phi) is 7.91. The molecular formula is C25H21F6N3O2. The van der Waals surface area contributed by atoms with Crippen LogP contribution in [0, 0.1) is 0 Å².